The van der Waals surface area contributed by atoms with Crippen LogP contribution in [0.15, 0.2) is 48.5 Å². The van der Waals surface area contributed by atoms with Crippen molar-refractivity contribution in [1.29, 1.82) is 0 Å². The predicted molar refractivity (Wildman–Crippen MR) is 101 cm³/mol. The fourth-order valence-corrected chi connectivity index (χ4v) is 3.05. The van der Waals surface area contributed by atoms with E-state index in [1.165, 1.54) is 0 Å². The van der Waals surface area contributed by atoms with Crippen molar-refractivity contribution in [3.8, 4) is 0 Å². The van der Waals surface area contributed by atoms with Crippen molar-refractivity contribution in [2.24, 2.45) is 5.41 Å². The van der Waals surface area contributed by atoms with E-state index in [2.05, 4.69) is 24.5 Å². The van der Waals surface area contributed by atoms with Gasteiger partial charge >= 0.3 is 0 Å². The Balaban J connectivity index is 1.74. The first-order valence-electron chi connectivity index (χ1n) is 8.40. The molecular weight excluding hydrogens is 336 g/mol. The van der Waals surface area contributed by atoms with Crippen molar-refractivity contribution in [2.75, 3.05) is 10.6 Å². The molecule has 1 saturated carbocycles. The number of carbonyl (C=O) groups excluding carboxylic acids is 2. The highest BCUT2D eigenvalue weighted by Crippen LogP contribution is 2.47. The molecule has 0 unspecified atom stereocenters. The van der Waals surface area contributed by atoms with Gasteiger partial charge in [-0.3, -0.25) is 9.59 Å². The molecule has 0 saturated heterocycles. The largest absolute Gasteiger partial charge is 0.325 e. The monoisotopic (exact) mass is 356 g/mol. The zero-order chi connectivity index (χ0) is 18.0. The Kier molecular flexibility index (Phi) is 4.82. The average molecular weight is 357 g/mol. The molecule has 1 aliphatic rings. The van der Waals surface area contributed by atoms with E-state index in [0.29, 0.717) is 23.6 Å². The third kappa shape index (κ3) is 3.69. The van der Waals surface area contributed by atoms with Gasteiger partial charge in [0.15, 0.2) is 0 Å². The van der Waals surface area contributed by atoms with E-state index < -0.39 is 5.41 Å². The van der Waals surface area contributed by atoms with Crippen molar-refractivity contribution in [3.05, 3.63) is 59.1 Å². The molecule has 0 spiro atoms. The van der Waals surface area contributed by atoms with E-state index in [-0.39, 0.29) is 17.7 Å². The van der Waals surface area contributed by atoms with Crippen molar-refractivity contribution < 1.29 is 9.59 Å². The smallest absolute Gasteiger partial charge is 0.240 e. The number of benzene rings is 2. The van der Waals surface area contributed by atoms with Crippen LogP contribution in [0.5, 0.6) is 0 Å². The maximum absolute atomic E-state index is 12.8. The summed E-state index contributed by atoms with van der Waals surface area (Å²) in [6.45, 7) is 4.15. The Morgan fingerprint density at radius 2 is 1.68 bits per heavy atom. The van der Waals surface area contributed by atoms with Gasteiger partial charge in [-0.2, -0.15) is 0 Å². The lowest BCUT2D eigenvalue weighted by Gasteiger charge is -2.18. The first-order chi connectivity index (χ1) is 11.9. The van der Waals surface area contributed by atoms with Crippen molar-refractivity contribution in [2.45, 2.75) is 32.6 Å². The molecular formula is C20H21ClN2O2. The molecule has 4 nitrogen and oxygen atoms in total. The Hall–Kier alpha value is -2.33. The molecule has 5 heteroatoms. The molecule has 0 aliphatic heterocycles. The molecule has 2 aromatic carbocycles. The Morgan fingerprint density at radius 1 is 1.00 bits per heavy atom. The summed E-state index contributed by atoms with van der Waals surface area (Å²) in [4.78, 5) is 25.4. The van der Waals surface area contributed by atoms with E-state index >= 15 is 0 Å². The normalized spacial score (nSPS) is 14.9. The predicted octanol–water partition coefficient (Wildman–Crippen LogP) is 4.82. The van der Waals surface area contributed by atoms with Crippen LogP contribution in [0.1, 0.15) is 38.2 Å². The zero-order valence-electron chi connectivity index (χ0n) is 14.3. The van der Waals surface area contributed by atoms with Gasteiger partial charge in [-0.15, -0.1) is 0 Å². The third-order valence-corrected chi connectivity index (χ3v) is 4.77. The van der Waals surface area contributed by atoms with Gasteiger partial charge in [-0.1, -0.05) is 49.7 Å². The molecule has 2 aromatic rings. The molecule has 25 heavy (non-hydrogen) atoms. The van der Waals surface area contributed by atoms with Crippen LogP contribution in [0.25, 0.3) is 0 Å². The number of hydrogen-bond donors (Lipinski definition) is 2. The number of rotatable bonds is 5. The molecule has 2 N–H and O–H groups in total. The Labute approximate surface area is 152 Å². The number of nitrogens with one attached hydrogen (secondary N) is 2. The molecule has 0 aromatic heterocycles. The van der Waals surface area contributed by atoms with Crippen LogP contribution in [-0.4, -0.2) is 11.8 Å². The van der Waals surface area contributed by atoms with E-state index in [0.717, 1.165) is 11.3 Å². The van der Waals surface area contributed by atoms with Gasteiger partial charge in [-0.25, -0.2) is 0 Å². The summed E-state index contributed by atoms with van der Waals surface area (Å²) in [6, 6.07) is 14.6. The minimum Gasteiger partial charge on any atom is -0.325 e. The van der Waals surface area contributed by atoms with E-state index in [9.17, 15) is 9.59 Å². The quantitative estimate of drug-likeness (QED) is 0.754. The fraction of sp³-hybridized carbons (Fsp3) is 0.300. The minimum absolute atomic E-state index is 0.250. The summed E-state index contributed by atoms with van der Waals surface area (Å²) in [7, 11) is 0. The van der Waals surface area contributed by atoms with Crippen LogP contribution in [0.2, 0.25) is 5.02 Å². The molecule has 2 amide bonds. The summed E-state index contributed by atoms with van der Waals surface area (Å²) in [6.07, 6.45) is 1.10. The van der Waals surface area contributed by atoms with Crippen LogP contribution in [0, 0.1) is 5.41 Å². The first kappa shape index (κ1) is 17.5. The topological polar surface area (TPSA) is 58.2 Å². The lowest BCUT2D eigenvalue weighted by Crippen LogP contribution is -2.35. The fourth-order valence-electron chi connectivity index (χ4n) is 2.86. The highest BCUT2D eigenvalue weighted by atomic mass is 35.5. The molecule has 0 radical (unpaired) electrons. The second kappa shape index (κ2) is 6.89. The lowest BCUT2D eigenvalue weighted by molar-refractivity contribution is -0.131. The van der Waals surface area contributed by atoms with Crippen LogP contribution in [0.3, 0.4) is 0 Å². The van der Waals surface area contributed by atoms with Crippen molar-refractivity contribution >= 4 is 34.8 Å². The number of anilines is 2. The van der Waals surface area contributed by atoms with Gasteiger partial charge < -0.3 is 10.6 Å². The summed E-state index contributed by atoms with van der Waals surface area (Å²) < 4.78 is 0. The minimum atomic E-state index is -0.994. The summed E-state index contributed by atoms with van der Waals surface area (Å²) >= 11 is 5.94. The second-order valence-electron chi connectivity index (χ2n) is 6.74. The maximum Gasteiger partial charge on any atom is 0.240 e. The first-order valence-corrected chi connectivity index (χ1v) is 8.77. The number of carbonyl (C=O) groups is 2. The van der Waals surface area contributed by atoms with Crippen LogP contribution in [0.4, 0.5) is 11.4 Å². The molecule has 1 aliphatic carbocycles. The molecule has 1 fully saturated rings. The van der Waals surface area contributed by atoms with Crippen LogP contribution >= 0.6 is 11.6 Å². The maximum atomic E-state index is 12.8. The van der Waals surface area contributed by atoms with Crippen LogP contribution < -0.4 is 10.6 Å². The molecule has 0 bridgehead atoms. The number of amides is 2. The van der Waals surface area contributed by atoms with Gasteiger partial charge in [0.1, 0.15) is 5.41 Å². The Morgan fingerprint density at radius 3 is 2.32 bits per heavy atom. The molecule has 130 valence electrons. The number of halogens is 1. The van der Waals surface area contributed by atoms with Crippen molar-refractivity contribution in [3.63, 3.8) is 0 Å². The van der Waals surface area contributed by atoms with Crippen molar-refractivity contribution in [1.82, 2.24) is 0 Å². The number of para-hydroxylation sites is 1. The summed E-state index contributed by atoms with van der Waals surface area (Å²) in [5, 5.41) is 6.29. The summed E-state index contributed by atoms with van der Waals surface area (Å²) in [5.74, 6) is -0.249. The van der Waals surface area contributed by atoms with Crippen LogP contribution in [-0.2, 0) is 9.59 Å². The standard InChI is InChI=1S/C20H21ClN2O2/c1-13(2)16-8-3-4-9-17(16)23-19(25)20(10-11-20)18(24)22-15-7-5-6-14(21)12-15/h3-9,12-13H,10-11H2,1-2H3,(H,22,24)(H,23,25). The highest BCUT2D eigenvalue weighted by molar-refractivity contribution is 6.31. The Bertz CT molecular complexity index is 813. The molecule has 0 atom stereocenters. The molecule has 0 heterocycles. The second-order valence-corrected chi connectivity index (χ2v) is 7.18. The number of hydrogen-bond acceptors (Lipinski definition) is 2. The third-order valence-electron chi connectivity index (χ3n) is 4.53. The lowest BCUT2D eigenvalue weighted by atomic mass is 9.99. The van der Waals surface area contributed by atoms with Gasteiger partial charge in [0, 0.05) is 16.4 Å². The molecule has 3 rings (SSSR count). The SMILES string of the molecule is CC(C)c1ccccc1NC(=O)C1(C(=O)Nc2cccc(Cl)c2)CC1. The van der Waals surface area contributed by atoms with Gasteiger partial charge in [-0.05, 0) is 48.6 Å². The van der Waals surface area contributed by atoms with Gasteiger partial charge in [0.25, 0.3) is 0 Å². The van der Waals surface area contributed by atoms with Gasteiger partial charge in [0.05, 0.1) is 0 Å². The summed E-state index contributed by atoms with van der Waals surface area (Å²) in [5.41, 5.74) is 1.43. The van der Waals surface area contributed by atoms with E-state index in [1.807, 2.05) is 24.3 Å². The zero-order valence-corrected chi connectivity index (χ0v) is 15.1. The van der Waals surface area contributed by atoms with Gasteiger partial charge in [0.2, 0.25) is 11.8 Å². The van der Waals surface area contributed by atoms with E-state index in [1.54, 1.807) is 24.3 Å². The average Bonchev–Trinajstić information content (AvgIpc) is 3.37. The highest BCUT2D eigenvalue weighted by Gasteiger charge is 2.56. The van der Waals surface area contributed by atoms with E-state index in [4.69, 9.17) is 11.6 Å².